The number of carbonyl (C=O) groups excluding carboxylic acids is 2. The Balaban J connectivity index is 1.42. The maximum atomic E-state index is 13.9. The van der Waals surface area contributed by atoms with Crippen LogP contribution in [0, 0.1) is 26.4 Å². The van der Waals surface area contributed by atoms with E-state index >= 15 is 0 Å². The fourth-order valence-corrected chi connectivity index (χ4v) is 5.99. The van der Waals surface area contributed by atoms with Gasteiger partial charge in [0.1, 0.15) is 0 Å². The summed E-state index contributed by atoms with van der Waals surface area (Å²) in [5.41, 5.74) is -0.323. The number of anilines is 1. The summed E-state index contributed by atoms with van der Waals surface area (Å²) in [5.74, 6) is -0.840. The number of oxime groups is 1. The van der Waals surface area contributed by atoms with Crippen molar-refractivity contribution in [1.82, 2.24) is 0 Å². The highest BCUT2D eigenvalue weighted by atomic mass is 16.7. The van der Waals surface area contributed by atoms with E-state index in [0.717, 1.165) is 28.9 Å². The number of nitrogens with zero attached hydrogens (tertiary/aromatic N) is 2. The van der Waals surface area contributed by atoms with Gasteiger partial charge in [-0.2, -0.15) is 0 Å². The van der Waals surface area contributed by atoms with Crippen molar-refractivity contribution in [2.45, 2.75) is 40.0 Å². The van der Waals surface area contributed by atoms with Crippen molar-refractivity contribution < 1.29 is 19.3 Å². The minimum absolute atomic E-state index is 0.0459. The molecule has 184 valence electrons. The molecule has 0 heterocycles. The lowest BCUT2D eigenvalue weighted by Crippen LogP contribution is -2.43. The molecule has 8 nitrogen and oxygen atoms in total. The Bertz CT molecular complexity index is 1440. The number of nitro groups is 1. The van der Waals surface area contributed by atoms with Gasteiger partial charge in [-0.1, -0.05) is 68.4 Å². The third kappa shape index (κ3) is 3.39. The molecule has 1 N–H and O–H groups in total. The quantitative estimate of drug-likeness (QED) is 0.266. The third-order valence-corrected chi connectivity index (χ3v) is 8.74. The first-order valence-electron chi connectivity index (χ1n) is 11.9. The SMILES string of the molecule is CC12CCC(C(=O)Nc3cccc4ccccc34)(C/C1=N\OC(=O)c1cccc([N+](=O)[O-])c1)C2(C)C. The first-order valence-corrected chi connectivity index (χ1v) is 11.9. The Morgan fingerprint density at radius 2 is 1.72 bits per heavy atom. The average Bonchev–Trinajstić information content (AvgIpc) is 3.18. The van der Waals surface area contributed by atoms with Crippen molar-refractivity contribution in [2.75, 3.05) is 5.32 Å². The Labute approximate surface area is 208 Å². The summed E-state index contributed by atoms with van der Waals surface area (Å²) >= 11 is 0. The second-order valence-electron chi connectivity index (χ2n) is 10.4. The number of fused-ring (bicyclic) bond motifs is 3. The second-order valence-corrected chi connectivity index (χ2v) is 10.4. The molecule has 2 aliphatic rings. The van der Waals surface area contributed by atoms with Gasteiger partial charge in [0, 0.05) is 35.0 Å². The Hall–Kier alpha value is -4.07. The molecule has 2 aliphatic carbocycles. The van der Waals surface area contributed by atoms with Gasteiger partial charge in [-0.3, -0.25) is 14.9 Å². The summed E-state index contributed by atoms with van der Waals surface area (Å²) in [7, 11) is 0. The lowest BCUT2D eigenvalue weighted by Gasteiger charge is -2.39. The standard InChI is InChI=1S/C28H27N3O5/c1-26(2)27(3)14-15-28(26,25(33)29-22-13-7-9-18-8-4-5-12-21(18)22)17-23(27)30-36-24(32)19-10-6-11-20(16-19)31(34)35/h4-13,16H,14-15,17H2,1-3H3,(H,29,33)/b30-23+. The van der Waals surface area contributed by atoms with Gasteiger partial charge in [0.15, 0.2) is 0 Å². The highest BCUT2D eigenvalue weighted by Gasteiger charge is 2.71. The molecule has 1 amide bonds. The lowest BCUT2D eigenvalue weighted by atomic mass is 9.64. The van der Waals surface area contributed by atoms with Crippen LogP contribution in [0.1, 0.15) is 50.4 Å². The Morgan fingerprint density at radius 1 is 1.00 bits per heavy atom. The number of amides is 1. The highest BCUT2D eigenvalue weighted by Crippen LogP contribution is 2.71. The molecule has 0 saturated heterocycles. The van der Waals surface area contributed by atoms with Crippen LogP contribution in [0.5, 0.6) is 0 Å². The van der Waals surface area contributed by atoms with Crippen LogP contribution in [-0.4, -0.2) is 22.5 Å². The van der Waals surface area contributed by atoms with Crippen LogP contribution >= 0.6 is 0 Å². The molecular formula is C28H27N3O5. The zero-order chi connectivity index (χ0) is 25.7. The lowest BCUT2D eigenvalue weighted by molar-refractivity contribution is -0.384. The van der Waals surface area contributed by atoms with E-state index in [1.54, 1.807) is 0 Å². The molecule has 0 radical (unpaired) electrons. The molecule has 5 rings (SSSR count). The first kappa shape index (κ1) is 23.7. The van der Waals surface area contributed by atoms with E-state index in [1.807, 2.05) is 42.5 Å². The molecule has 3 aromatic rings. The number of carbonyl (C=O) groups is 2. The number of hydrogen-bond donors (Lipinski definition) is 1. The summed E-state index contributed by atoms with van der Waals surface area (Å²) in [4.78, 5) is 42.2. The molecule has 36 heavy (non-hydrogen) atoms. The van der Waals surface area contributed by atoms with Crippen molar-refractivity contribution in [3.8, 4) is 0 Å². The highest BCUT2D eigenvalue weighted by molar-refractivity contribution is 6.09. The van der Waals surface area contributed by atoms with Crippen molar-refractivity contribution in [3.63, 3.8) is 0 Å². The first-order chi connectivity index (χ1) is 17.1. The molecule has 2 fully saturated rings. The van der Waals surface area contributed by atoms with E-state index in [1.165, 1.54) is 18.2 Å². The summed E-state index contributed by atoms with van der Waals surface area (Å²) < 4.78 is 0. The van der Waals surface area contributed by atoms with Gasteiger partial charge in [-0.15, -0.1) is 0 Å². The molecule has 0 aliphatic heterocycles. The molecule has 0 aromatic heterocycles. The van der Waals surface area contributed by atoms with E-state index in [2.05, 4.69) is 31.2 Å². The molecule has 2 unspecified atom stereocenters. The molecule has 0 spiro atoms. The molecule has 2 atom stereocenters. The third-order valence-electron chi connectivity index (χ3n) is 8.74. The van der Waals surface area contributed by atoms with Gasteiger partial charge in [0.05, 0.1) is 21.6 Å². The minimum Gasteiger partial charge on any atom is -0.325 e. The predicted octanol–water partition coefficient (Wildman–Crippen LogP) is 6.12. The van der Waals surface area contributed by atoms with E-state index in [4.69, 9.17) is 4.84 Å². The van der Waals surface area contributed by atoms with Gasteiger partial charge in [0.2, 0.25) is 5.91 Å². The number of hydrogen-bond acceptors (Lipinski definition) is 6. The zero-order valence-electron chi connectivity index (χ0n) is 20.4. The normalized spacial score (nSPS) is 25.1. The predicted molar refractivity (Wildman–Crippen MR) is 137 cm³/mol. The van der Waals surface area contributed by atoms with Gasteiger partial charge in [0.25, 0.3) is 5.69 Å². The van der Waals surface area contributed by atoms with E-state index in [-0.39, 0.29) is 17.2 Å². The Kier molecular flexibility index (Phi) is 5.43. The van der Waals surface area contributed by atoms with Crippen LogP contribution in [-0.2, 0) is 9.63 Å². The summed E-state index contributed by atoms with van der Waals surface area (Å²) in [6, 6.07) is 19.1. The maximum absolute atomic E-state index is 13.9. The van der Waals surface area contributed by atoms with Crippen molar-refractivity contribution in [3.05, 3.63) is 82.4 Å². The number of nitrogens with one attached hydrogen (secondary N) is 1. The monoisotopic (exact) mass is 485 g/mol. The van der Waals surface area contributed by atoms with E-state index in [9.17, 15) is 19.7 Å². The maximum Gasteiger partial charge on any atom is 0.365 e. The van der Waals surface area contributed by atoms with Crippen LogP contribution in [0.2, 0.25) is 0 Å². The molecule has 2 saturated carbocycles. The van der Waals surface area contributed by atoms with Crippen LogP contribution in [0.3, 0.4) is 0 Å². The minimum atomic E-state index is -0.773. The Morgan fingerprint density at radius 3 is 2.50 bits per heavy atom. The number of rotatable bonds is 5. The van der Waals surface area contributed by atoms with Crippen molar-refractivity contribution in [1.29, 1.82) is 0 Å². The number of non-ortho nitro benzene ring substituents is 1. The molecule has 2 bridgehead atoms. The van der Waals surface area contributed by atoms with Gasteiger partial charge in [-0.05, 0) is 35.8 Å². The number of nitro benzene ring substituents is 1. The average molecular weight is 486 g/mol. The van der Waals surface area contributed by atoms with Crippen molar-refractivity contribution in [2.24, 2.45) is 21.4 Å². The summed E-state index contributed by atoms with van der Waals surface area (Å²) in [6.07, 6.45) is 1.80. The van der Waals surface area contributed by atoms with Gasteiger partial charge < -0.3 is 10.2 Å². The van der Waals surface area contributed by atoms with Crippen molar-refractivity contribution >= 4 is 39.7 Å². The smallest absolute Gasteiger partial charge is 0.325 e. The number of benzene rings is 3. The van der Waals surface area contributed by atoms with Crippen LogP contribution in [0.15, 0.2) is 71.9 Å². The largest absolute Gasteiger partial charge is 0.365 e. The van der Waals surface area contributed by atoms with Crippen LogP contribution < -0.4 is 5.32 Å². The van der Waals surface area contributed by atoms with Crippen LogP contribution in [0.4, 0.5) is 11.4 Å². The van der Waals surface area contributed by atoms with E-state index in [0.29, 0.717) is 18.6 Å². The van der Waals surface area contributed by atoms with Gasteiger partial charge >= 0.3 is 5.97 Å². The fraction of sp³-hybridized carbons (Fsp3) is 0.321. The summed E-state index contributed by atoms with van der Waals surface area (Å²) in [6.45, 7) is 6.22. The topological polar surface area (TPSA) is 111 Å². The molecular weight excluding hydrogens is 458 g/mol. The molecule has 8 heteroatoms. The zero-order valence-corrected chi connectivity index (χ0v) is 20.4. The fourth-order valence-electron chi connectivity index (χ4n) is 5.99. The van der Waals surface area contributed by atoms with Crippen LogP contribution in [0.25, 0.3) is 10.8 Å². The second kappa shape index (κ2) is 8.26. The van der Waals surface area contributed by atoms with E-state index < -0.39 is 27.1 Å². The molecule has 3 aromatic carbocycles. The van der Waals surface area contributed by atoms with Gasteiger partial charge in [-0.25, -0.2) is 4.79 Å². The summed E-state index contributed by atoms with van der Waals surface area (Å²) in [5, 5.41) is 20.5.